The molecule has 1 aromatic heterocycles. The number of carbonyl (C=O) groups is 1. The molecule has 1 fully saturated rings. The molecule has 1 saturated heterocycles. The van der Waals surface area contributed by atoms with Gasteiger partial charge in [0, 0.05) is 6.61 Å². The van der Waals surface area contributed by atoms with Crippen molar-refractivity contribution in [1.82, 2.24) is 14.9 Å². The number of phenols is 1. The van der Waals surface area contributed by atoms with E-state index in [0.29, 0.717) is 43.2 Å². The minimum Gasteiger partial charge on any atom is -0.506 e. The molecule has 218 valence electrons. The molecule has 8 nitrogen and oxygen atoms in total. The van der Waals surface area contributed by atoms with Crippen molar-refractivity contribution in [2.45, 2.75) is 38.2 Å². The maximum atomic E-state index is 12.5. The number of H-pyrrole nitrogens is 1. The molecule has 3 N–H and O–H groups in total. The van der Waals surface area contributed by atoms with Crippen LogP contribution in [0.25, 0.3) is 22.0 Å². The molecule has 40 heavy (non-hydrogen) atoms. The highest BCUT2D eigenvalue weighted by Crippen LogP contribution is 2.31. The van der Waals surface area contributed by atoms with E-state index in [2.05, 4.69) is 9.97 Å². The summed E-state index contributed by atoms with van der Waals surface area (Å²) in [6.07, 6.45) is -5.68. The first-order valence-electron chi connectivity index (χ1n) is 12.2. The number of alkyl halides is 6. The van der Waals surface area contributed by atoms with Gasteiger partial charge in [0.2, 0.25) is 0 Å². The third-order valence-electron chi connectivity index (χ3n) is 6.33. The van der Waals surface area contributed by atoms with Crippen molar-refractivity contribution in [3.05, 3.63) is 58.6 Å². The smallest absolute Gasteiger partial charge is 0.490 e. The van der Waals surface area contributed by atoms with Gasteiger partial charge in [-0.05, 0) is 67.1 Å². The van der Waals surface area contributed by atoms with Crippen molar-refractivity contribution in [2.75, 3.05) is 26.2 Å². The van der Waals surface area contributed by atoms with Crippen LogP contribution in [0.2, 0.25) is 0 Å². The number of aromatic amines is 1. The second-order valence-corrected chi connectivity index (χ2v) is 9.26. The maximum absolute atomic E-state index is 12.5. The molecule has 4 rings (SSSR count). The van der Waals surface area contributed by atoms with Crippen LogP contribution in [0.5, 0.6) is 5.75 Å². The first kappa shape index (κ1) is 30.9. The molecule has 0 saturated carbocycles. The van der Waals surface area contributed by atoms with Gasteiger partial charge >= 0.3 is 18.3 Å². The third kappa shape index (κ3) is 8.95. The molecule has 2 aromatic carbocycles. The Hall–Kier alpha value is -3.65. The summed E-state index contributed by atoms with van der Waals surface area (Å²) in [7, 11) is 0. The number of halogens is 6. The summed E-state index contributed by atoms with van der Waals surface area (Å²) < 4.78 is 75.2. The van der Waals surface area contributed by atoms with E-state index in [1.165, 1.54) is 11.2 Å². The maximum Gasteiger partial charge on any atom is 0.490 e. The number of hydrogen-bond acceptors (Lipinski definition) is 6. The van der Waals surface area contributed by atoms with Crippen LogP contribution < -0.4 is 5.56 Å². The zero-order chi connectivity index (χ0) is 29.5. The molecular weight excluding hydrogens is 548 g/mol. The Kier molecular flexibility index (Phi) is 10.1. The number of likely N-dealkylation sites (tertiary alicyclic amines) is 1. The lowest BCUT2D eigenvalue weighted by atomic mass is 9.94. The quantitative estimate of drug-likeness (QED) is 0.265. The number of carboxylic acids is 1. The Labute approximate surface area is 224 Å². The number of piperidine rings is 1. The Morgan fingerprint density at radius 2 is 1.75 bits per heavy atom. The van der Waals surface area contributed by atoms with Gasteiger partial charge in [0.15, 0.2) is 0 Å². The number of benzene rings is 2. The molecule has 0 spiro atoms. The summed E-state index contributed by atoms with van der Waals surface area (Å²) in [6.45, 7) is 0.967. The molecular formula is C26H27F6N3O5. The van der Waals surface area contributed by atoms with E-state index in [9.17, 15) is 36.2 Å². The van der Waals surface area contributed by atoms with Gasteiger partial charge in [-0.2, -0.15) is 26.3 Å². The lowest BCUT2D eigenvalue weighted by Crippen LogP contribution is -2.40. The normalized spacial score (nSPS) is 15.1. The molecule has 0 unspecified atom stereocenters. The number of hydrogen-bond donors (Lipinski definition) is 3. The lowest BCUT2D eigenvalue weighted by molar-refractivity contribution is -0.192. The molecule has 14 heteroatoms. The van der Waals surface area contributed by atoms with Crippen molar-refractivity contribution >= 4 is 16.9 Å². The zero-order valence-electron chi connectivity index (χ0n) is 21.1. The van der Waals surface area contributed by atoms with Gasteiger partial charge in [-0.15, -0.1) is 0 Å². The average molecular weight is 576 g/mol. The Morgan fingerprint density at radius 3 is 2.38 bits per heavy atom. The number of rotatable bonds is 7. The van der Waals surface area contributed by atoms with E-state index in [0.717, 1.165) is 30.4 Å². The molecule has 3 aromatic rings. The van der Waals surface area contributed by atoms with Gasteiger partial charge in [0.05, 0.1) is 24.9 Å². The minimum atomic E-state index is -5.08. The molecule has 1 aliphatic rings. The number of carboxylic acid groups (broad SMARTS) is 1. The molecule has 0 atom stereocenters. The second kappa shape index (κ2) is 13.1. The fraction of sp³-hybridized carbons (Fsp3) is 0.423. The van der Waals surface area contributed by atoms with Gasteiger partial charge in [-0.3, -0.25) is 9.69 Å². The Bertz CT molecular complexity index is 1350. The van der Waals surface area contributed by atoms with Crippen molar-refractivity contribution in [3.63, 3.8) is 0 Å². The summed E-state index contributed by atoms with van der Waals surface area (Å²) in [6, 6.07) is 10.9. The molecule has 0 radical (unpaired) electrons. The van der Waals surface area contributed by atoms with E-state index in [-0.39, 0.29) is 16.8 Å². The van der Waals surface area contributed by atoms with Crippen molar-refractivity contribution in [2.24, 2.45) is 5.92 Å². The number of fused-ring (bicyclic) bond motifs is 1. The SMILES string of the molecule is O=C(O)C(F)(F)F.O=c1[nH]cnc2c(O)cc(-c3ccccc3COCCC3CCN(CC(F)(F)F)CC3)cc12. The topological polar surface area (TPSA) is 116 Å². The number of aromatic hydroxyl groups is 1. The van der Waals surface area contributed by atoms with Crippen LogP contribution >= 0.6 is 0 Å². The van der Waals surface area contributed by atoms with Gasteiger partial charge in [-0.1, -0.05) is 24.3 Å². The van der Waals surface area contributed by atoms with E-state index in [1.54, 1.807) is 12.1 Å². The van der Waals surface area contributed by atoms with Gasteiger partial charge in [0.25, 0.3) is 5.56 Å². The third-order valence-corrected chi connectivity index (χ3v) is 6.33. The van der Waals surface area contributed by atoms with Crippen LogP contribution in [0.15, 0.2) is 47.5 Å². The largest absolute Gasteiger partial charge is 0.506 e. The number of aromatic nitrogens is 2. The summed E-state index contributed by atoms with van der Waals surface area (Å²) in [5.41, 5.74) is 2.37. The fourth-order valence-corrected chi connectivity index (χ4v) is 4.36. The summed E-state index contributed by atoms with van der Waals surface area (Å²) in [4.78, 5) is 29.1. The van der Waals surface area contributed by atoms with Crippen LogP contribution in [0.4, 0.5) is 26.3 Å². The van der Waals surface area contributed by atoms with Crippen molar-refractivity contribution in [1.29, 1.82) is 0 Å². The Morgan fingerprint density at radius 1 is 1.10 bits per heavy atom. The summed E-state index contributed by atoms with van der Waals surface area (Å²) in [5.74, 6) is -2.46. The first-order chi connectivity index (χ1) is 18.7. The highest BCUT2D eigenvalue weighted by atomic mass is 19.4. The number of aliphatic carboxylic acids is 1. The Balaban J connectivity index is 0.000000559. The number of nitrogens with zero attached hydrogens (tertiary/aromatic N) is 2. The fourth-order valence-electron chi connectivity index (χ4n) is 4.36. The first-order valence-corrected chi connectivity index (χ1v) is 12.2. The standard InChI is InChI=1S/C24H26F3N3O3.C2HF3O2/c25-24(26,27)14-30-8-5-16(6-9-30)7-10-33-13-17-3-1-2-4-19(17)18-11-20-22(21(31)12-18)28-15-29-23(20)32;3-2(4,5)1(6)7/h1-4,11-12,15-16,31H,5-10,13-14H2,(H,28,29,32);(H,6,7). The van der Waals surface area contributed by atoms with Crippen LogP contribution in [0.3, 0.4) is 0 Å². The van der Waals surface area contributed by atoms with E-state index in [1.807, 2.05) is 24.3 Å². The lowest BCUT2D eigenvalue weighted by Gasteiger charge is -2.32. The predicted molar refractivity (Wildman–Crippen MR) is 133 cm³/mol. The molecule has 0 amide bonds. The highest BCUT2D eigenvalue weighted by Gasteiger charge is 2.38. The summed E-state index contributed by atoms with van der Waals surface area (Å²) in [5, 5.41) is 17.8. The molecule has 2 heterocycles. The number of nitrogens with one attached hydrogen (secondary N) is 1. The molecule has 0 aliphatic carbocycles. The number of ether oxygens (including phenoxy) is 1. The average Bonchev–Trinajstić information content (AvgIpc) is 2.87. The van der Waals surface area contributed by atoms with Gasteiger partial charge in [-0.25, -0.2) is 9.78 Å². The highest BCUT2D eigenvalue weighted by molar-refractivity contribution is 5.89. The zero-order valence-corrected chi connectivity index (χ0v) is 21.1. The van der Waals surface area contributed by atoms with E-state index >= 15 is 0 Å². The van der Waals surface area contributed by atoms with Crippen LogP contribution in [0.1, 0.15) is 24.8 Å². The minimum absolute atomic E-state index is 0.0683. The summed E-state index contributed by atoms with van der Waals surface area (Å²) >= 11 is 0. The molecule has 0 bridgehead atoms. The molecule has 1 aliphatic heterocycles. The van der Waals surface area contributed by atoms with E-state index < -0.39 is 24.9 Å². The predicted octanol–water partition coefficient (Wildman–Crippen LogP) is 5.11. The van der Waals surface area contributed by atoms with E-state index in [4.69, 9.17) is 14.6 Å². The van der Waals surface area contributed by atoms with Crippen LogP contribution in [-0.2, 0) is 16.1 Å². The van der Waals surface area contributed by atoms with Crippen LogP contribution in [0, 0.1) is 5.92 Å². The second-order valence-electron chi connectivity index (χ2n) is 9.26. The van der Waals surface area contributed by atoms with Crippen LogP contribution in [-0.4, -0.2) is 69.6 Å². The van der Waals surface area contributed by atoms with Crippen molar-refractivity contribution < 1.29 is 46.1 Å². The van der Waals surface area contributed by atoms with Crippen molar-refractivity contribution in [3.8, 4) is 16.9 Å². The monoisotopic (exact) mass is 575 g/mol. The number of phenolic OH excluding ortho intramolecular Hbond substituents is 1. The van der Waals surface area contributed by atoms with Gasteiger partial charge in [0.1, 0.15) is 11.3 Å². The van der Waals surface area contributed by atoms with Gasteiger partial charge < -0.3 is 19.9 Å².